The van der Waals surface area contributed by atoms with Gasteiger partial charge in [-0.25, -0.2) is 0 Å². The third-order valence-corrected chi connectivity index (χ3v) is 5.48. The number of amides is 1. The number of nitro benzene ring substituents is 1. The van der Waals surface area contributed by atoms with Crippen molar-refractivity contribution in [3.05, 3.63) is 38.3 Å². The van der Waals surface area contributed by atoms with Crippen molar-refractivity contribution in [3.63, 3.8) is 0 Å². The molecular weight excluding hydrogens is 336 g/mol. The predicted octanol–water partition coefficient (Wildman–Crippen LogP) is 3.52. The lowest BCUT2D eigenvalue weighted by atomic mass is 9.89. The Morgan fingerprint density at radius 3 is 2.81 bits per heavy atom. The van der Waals surface area contributed by atoms with Gasteiger partial charge in [0, 0.05) is 18.2 Å². The first-order chi connectivity index (χ1) is 10.0. The van der Waals surface area contributed by atoms with Crippen molar-refractivity contribution in [1.82, 2.24) is 5.32 Å². The largest absolute Gasteiger partial charge is 0.352 e. The lowest BCUT2D eigenvalue weighted by molar-refractivity contribution is -0.385. The van der Waals surface area contributed by atoms with E-state index in [1.807, 2.05) is 0 Å². The number of hydrogen-bond acceptors (Lipinski definition) is 3. The van der Waals surface area contributed by atoms with Crippen LogP contribution in [0.15, 0.2) is 22.7 Å². The normalized spacial score (nSPS) is 26.8. The van der Waals surface area contributed by atoms with E-state index in [-0.39, 0.29) is 11.6 Å². The number of nitrogens with zero attached hydrogens (tertiary/aromatic N) is 1. The first kappa shape index (κ1) is 14.5. The molecule has 2 aliphatic rings. The molecule has 3 rings (SSSR count). The van der Waals surface area contributed by atoms with Crippen molar-refractivity contribution in [2.24, 2.45) is 17.8 Å². The van der Waals surface area contributed by atoms with E-state index in [9.17, 15) is 14.9 Å². The summed E-state index contributed by atoms with van der Waals surface area (Å²) in [5.74, 6) is 1.96. The van der Waals surface area contributed by atoms with Gasteiger partial charge >= 0.3 is 0 Å². The molecule has 2 bridgehead atoms. The monoisotopic (exact) mass is 352 g/mol. The maximum atomic E-state index is 12.1. The molecular formula is C15H17BrN2O3. The van der Waals surface area contributed by atoms with Crippen LogP contribution in [0, 0.1) is 27.9 Å². The highest BCUT2D eigenvalue weighted by Gasteiger charge is 2.39. The van der Waals surface area contributed by atoms with E-state index in [0.717, 1.165) is 11.8 Å². The summed E-state index contributed by atoms with van der Waals surface area (Å²) in [5.41, 5.74) is 0.260. The first-order valence-corrected chi connectivity index (χ1v) is 8.06. The molecule has 2 fully saturated rings. The van der Waals surface area contributed by atoms with Crippen LogP contribution in [-0.4, -0.2) is 17.4 Å². The molecule has 5 nitrogen and oxygen atoms in total. The summed E-state index contributed by atoms with van der Waals surface area (Å²) in [6.07, 6.45) is 5.15. The Morgan fingerprint density at radius 2 is 2.19 bits per heavy atom. The Hall–Kier alpha value is -1.43. The van der Waals surface area contributed by atoms with E-state index in [0.29, 0.717) is 22.5 Å². The zero-order valence-electron chi connectivity index (χ0n) is 11.5. The highest BCUT2D eigenvalue weighted by Crippen LogP contribution is 2.47. The number of benzene rings is 1. The number of fused-ring (bicyclic) bond motifs is 2. The van der Waals surface area contributed by atoms with Gasteiger partial charge in [0.1, 0.15) is 0 Å². The van der Waals surface area contributed by atoms with Crippen LogP contribution in [0.4, 0.5) is 5.69 Å². The van der Waals surface area contributed by atoms with E-state index < -0.39 is 4.92 Å². The van der Waals surface area contributed by atoms with E-state index in [4.69, 9.17) is 0 Å². The van der Waals surface area contributed by atoms with Crippen LogP contribution in [0.1, 0.15) is 36.0 Å². The second-order valence-electron chi connectivity index (χ2n) is 6.07. The maximum absolute atomic E-state index is 12.1. The van der Waals surface area contributed by atoms with Crippen molar-refractivity contribution in [2.45, 2.75) is 25.7 Å². The van der Waals surface area contributed by atoms with Crippen LogP contribution < -0.4 is 5.32 Å². The minimum Gasteiger partial charge on any atom is -0.352 e. The predicted molar refractivity (Wildman–Crippen MR) is 82.1 cm³/mol. The first-order valence-electron chi connectivity index (χ1n) is 7.26. The molecule has 0 spiro atoms. The van der Waals surface area contributed by atoms with Gasteiger partial charge in [-0.2, -0.15) is 0 Å². The van der Waals surface area contributed by atoms with Crippen LogP contribution in [0.5, 0.6) is 0 Å². The van der Waals surface area contributed by atoms with Crippen LogP contribution in [0.2, 0.25) is 0 Å². The Kier molecular flexibility index (Phi) is 3.97. The summed E-state index contributed by atoms with van der Waals surface area (Å²) in [6.45, 7) is 0.684. The number of nitro groups is 1. The molecule has 1 amide bonds. The van der Waals surface area contributed by atoms with Gasteiger partial charge in [-0.1, -0.05) is 6.42 Å². The molecule has 3 atom stereocenters. The van der Waals surface area contributed by atoms with Crippen LogP contribution >= 0.6 is 15.9 Å². The van der Waals surface area contributed by atoms with Gasteiger partial charge in [0.25, 0.3) is 11.6 Å². The summed E-state index contributed by atoms with van der Waals surface area (Å²) in [5, 5.41) is 13.8. The lowest BCUT2D eigenvalue weighted by Gasteiger charge is -2.21. The third-order valence-electron chi connectivity index (χ3n) is 4.81. The fourth-order valence-electron chi connectivity index (χ4n) is 3.75. The van der Waals surface area contributed by atoms with Crippen molar-refractivity contribution in [3.8, 4) is 0 Å². The van der Waals surface area contributed by atoms with E-state index in [2.05, 4.69) is 21.2 Å². The van der Waals surface area contributed by atoms with Gasteiger partial charge in [0.15, 0.2) is 0 Å². The van der Waals surface area contributed by atoms with Crippen molar-refractivity contribution in [2.75, 3.05) is 6.54 Å². The molecule has 3 unspecified atom stereocenters. The Labute approximate surface area is 131 Å². The maximum Gasteiger partial charge on any atom is 0.284 e. The number of halogens is 1. The van der Waals surface area contributed by atoms with Gasteiger partial charge in [0.05, 0.1) is 9.40 Å². The average Bonchev–Trinajstić information content (AvgIpc) is 3.07. The van der Waals surface area contributed by atoms with E-state index >= 15 is 0 Å². The SMILES string of the molecule is O=C(NCC1CC2CCC1C2)c1ccc(Br)c([N+](=O)[O-])c1. The van der Waals surface area contributed by atoms with E-state index in [1.54, 1.807) is 12.1 Å². The molecule has 1 aromatic rings. The summed E-state index contributed by atoms with van der Waals surface area (Å²) in [6, 6.07) is 4.47. The number of hydrogen-bond donors (Lipinski definition) is 1. The van der Waals surface area contributed by atoms with Crippen molar-refractivity contribution in [1.29, 1.82) is 0 Å². The second-order valence-corrected chi connectivity index (χ2v) is 6.92. The topological polar surface area (TPSA) is 72.2 Å². The molecule has 0 heterocycles. The van der Waals surface area contributed by atoms with Crippen LogP contribution in [0.25, 0.3) is 0 Å². The molecule has 1 N–H and O–H groups in total. The smallest absolute Gasteiger partial charge is 0.284 e. The Balaban J connectivity index is 1.63. The molecule has 0 aromatic heterocycles. The van der Waals surface area contributed by atoms with Gasteiger partial charge in [-0.05, 0) is 65.1 Å². The van der Waals surface area contributed by atoms with Crippen molar-refractivity contribution < 1.29 is 9.72 Å². The molecule has 0 radical (unpaired) electrons. The average molecular weight is 353 g/mol. The zero-order valence-corrected chi connectivity index (χ0v) is 13.1. The molecule has 112 valence electrons. The highest BCUT2D eigenvalue weighted by atomic mass is 79.9. The zero-order chi connectivity index (χ0) is 15.0. The van der Waals surface area contributed by atoms with Crippen molar-refractivity contribution >= 4 is 27.5 Å². The third kappa shape index (κ3) is 2.95. The molecule has 21 heavy (non-hydrogen) atoms. The number of nitrogens with one attached hydrogen (secondary N) is 1. The van der Waals surface area contributed by atoms with Gasteiger partial charge in [-0.15, -0.1) is 0 Å². The number of carbonyl (C=O) groups is 1. The van der Waals surface area contributed by atoms with Gasteiger partial charge < -0.3 is 5.32 Å². The standard InChI is InChI=1S/C15H17BrN2O3/c16-13-4-3-11(7-14(13)18(20)21)15(19)17-8-12-6-9-1-2-10(12)5-9/h3-4,7,9-10,12H,1-2,5-6,8H2,(H,17,19). The molecule has 0 saturated heterocycles. The Bertz CT molecular complexity index is 590. The number of rotatable bonds is 4. The molecule has 2 aliphatic carbocycles. The molecule has 6 heteroatoms. The van der Waals surface area contributed by atoms with Crippen LogP contribution in [-0.2, 0) is 0 Å². The molecule has 1 aromatic carbocycles. The highest BCUT2D eigenvalue weighted by molar-refractivity contribution is 9.10. The van der Waals surface area contributed by atoms with Gasteiger partial charge in [-0.3, -0.25) is 14.9 Å². The Morgan fingerprint density at radius 1 is 1.38 bits per heavy atom. The van der Waals surface area contributed by atoms with Crippen LogP contribution in [0.3, 0.4) is 0 Å². The second kappa shape index (κ2) is 5.75. The molecule has 0 aliphatic heterocycles. The number of carbonyl (C=O) groups excluding carboxylic acids is 1. The molecule has 2 saturated carbocycles. The minimum absolute atomic E-state index is 0.0810. The summed E-state index contributed by atoms with van der Waals surface area (Å²) < 4.78 is 0.386. The summed E-state index contributed by atoms with van der Waals surface area (Å²) in [7, 11) is 0. The summed E-state index contributed by atoms with van der Waals surface area (Å²) in [4.78, 5) is 22.5. The van der Waals surface area contributed by atoms with E-state index in [1.165, 1.54) is 31.7 Å². The quantitative estimate of drug-likeness (QED) is 0.665. The summed E-state index contributed by atoms with van der Waals surface area (Å²) >= 11 is 3.12. The fourth-order valence-corrected chi connectivity index (χ4v) is 4.14. The minimum atomic E-state index is -0.489. The van der Waals surface area contributed by atoms with Gasteiger partial charge in [0.2, 0.25) is 0 Å². The fraction of sp³-hybridized carbons (Fsp3) is 0.533. The lowest BCUT2D eigenvalue weighted by Crippen LogP contribution is -2.31.